The molecule has 1 heterocycles. The summed E-state index contributed by atoms with van der Waals surface area (Å²) in [6.45, 7) is 3.97. The molecule has 2 aromatic rings. The molecule has 0 saturated carbocycles. The van der Waals surface area contributed by atoms with E-state index < -0.39 is 0 Å². The molecule has 0 aromatic heterocycles. The van der Waals surface area contributed by atoms with Gasteiger partial charge in [0.25, 0.3) is 5.91 Å². The third-order valence-electron chi connectivity index (χ3n) is 4.64. The summed E-state index contributed by atoms with van der Waals surface area (Å²) in [7, 11) is 1.50. The van der Waals surface area contributed by atoms with E-state index in [0.29, 0.717) is 34.4 Å². The Labute approximate surface area is 174 Å². The first kappa shape index (κ1) is 20.3. The quantitative estimate of drug-likeness (QED) is 0.688. The van der Waals surface area contributed by atoms with Crippen LogP contribution in [-0.2, 0) is 6.54 Å². The van der Waals surface area contributed by atoms with E-state index in [4.69, 9.17) is 39.5 Å². The zero-order valence-corrected chi connectivity index (χ0v) is 17.3. The molecule has 2 aromatic carbocycles. The standard InChI is InChI=1S/C20H21Cl3N2O2/c1-27-19-17(22)11-15(12-18(19)23)20(26)25-8-2-7-24(9-10-25)13-14-3-5-16(21)6-4-14/h3-6,11-12H,2,7-10,13H2,1H3. The fraction of sp³-hybridized carbons (Fsp3) is 0.350. The van der Waals surface area contributed by atoms with Crippen molar-refractivity contribution in [3.8, 4) is 5.75 Å². The first-order valence-corrected chi connectivity index (χ1v) is 9.90. The lowest BCUT2D eigenvalue weighted by molar-refractivity contribution is 0.0761. The SMILES string of the molecule is COc1c(Cl)cc(C(=O)N2CCCN(Cc3ccc(Cl)cc3)CC2)cc1Cl. The molecule has 1 fully saturated rings. The van der Waals surface area contributed by atoms with Crippen molar-refractivity contribution in [1.82, 2.24) is 9.80 Å². The molecule has 0 spiro atoms. The lowest BCUT2D eigenvalue weighted by Gasteiger charge is -2.22. The van der Waals surface area contributed by atoms with E-state index >= 15 is 0 Å². The van der Waals surface area contributed by atoms with Crippen molar-refractivity contribution < 1.29 is 9.53 Å². The molecule has 4 nitrogen and oxygen atoms in total. The van der Waals surface area contributed by atoms with Crippen LogP contribution in [0.5, 0.6) is 5.75 Å². The van der Waals surface area contributed by atoms with Crippen molar-refractivity contribution >= 4 is 40.7 Å². The molecular formula is C20H21Cl3N2O2. The molecule has 0 bridgehead atoms. The molecule has 0 aliphatic carbocycles. The normalized spacial score (nSPS) is 15.5. The molecule has 0 radical (unpaired) electrons. The second kappa shape index (κ2) is 9.16. The van der Waals surface area contributed by atoms with Crippen LogP contribution >= 0.6 is 34.8 Å². The van der Waals surface area contributed by atoms with Gasteiger partial charge in [-0.25, -0.2) is 0 Å². The topological polar surface area (TPSA) is 32.8 Å². The van der Waals surface area contributed by atoms with Gasteiger partial charge >= 0.3 is 0 Å². The summed E-state index contributed by atoms with van der Waals surface area (Å²) in [6, 6.07) is 11.1. The molecule has 3 rings (SSSR count). The molecular weight excluding hydrogens is 407 g/mol. The maximum atomic E-state index is 12.9. The lowest BCUT2D eigenvalue weighted by atomic mass is 10.2. The van der Waals surface area contributed by atoms with Crippen molar-refractivity contribution in [1.29, 1.82) is 0 Å². The smallest absolute Gasteiger partial charge is 0.254 e. The maximum absolute atomic E-state index is 12.9. The van der Waals surface area contributed by atoms with E-state index in [1.807, 2.05) is 29.2 Å². The summed E-state index contributed by atoms with van der Waals surface area (Å²) in [5, 5.41) is 1.42. The van der Waals surface area contributed by atoms with Gasteiger partial charge in [0.05, 0.1) is 17.2 Å². The second-order valence-corrected chi connectivity index (χ2v) is 7.77. The van der Waals surface area contributed by atoms with Gasteiger partial charge in [0.2, 0.25) is 0 Å². The number of nitrogens with zero attached hydrogens (tertiary/aromatic N) is 2. The van der Waals surface area contributed by atoms with Crippen LogP contribution in [0.15, 0.2) is 36.4 Å². The predicted molar refractivity (Wildman–Crippen MR) is 110 cm³/mol. The van der Waals surface area contributed by atoms with Gasteiger partial charge in [-0.05, 0) is 36.2 Å². The summed E-state index contributed by atoms with van der Waals surface area (Å²) in [6.07, 6.45) is 0.914. The minimum absolute atomic E-state index is 0.0604. The zero-order valence-electron chi connectivity index (χ0n) is 15.1. The number of hydrogen-bond donors (Lipinski definition) is 0. The summed E-state index contributed by atoms with van der Waals surface area (Å²) >= 11 is 18.3. The molecule has 144 valence electrons. The summed E-state index contributed by atoms with van der Waals surface area (Å²) in [5.41, 5.74) is 1.70. The molecule has 1 aliphatic heterocycles. The molecule has 27 heavy (non-hydrogen) atoms. The fourth-order valence-corrected chi connectivity index (χ4v) is 4.01. The van der Waals surface area contributed by atoms with Crippen LogP contribution in [0.4, 0.5) is 0 Å². The Kier molecular flexibility index (Phi) is 6.88. The van der Waals surface area contributed by atoms with Crippen LogP contribution in [-0.4, -0.2) is 49.0 Å². The number of halogens is 3. The van der Waals surface area contributed by atoms with Crippen molar-refractivity contribution in [3.63, 3.8) is 0 Å². The minimum Gasteiger partial charge on any atom is -0.494 e. The molecule has 0 unspecified atom stereocenters. The van der Waals surface area contributed by atoms with Crippen LogP contribution in [0.1, 0.15) is 22.3 Å². The number of carbonyl (C=O) groups excluding carboxylic acids is 1. The van der Waals surface area contributed by atoms with Crippen molar-refractivity contribution in [2.24, 2.45) is 0 Å². The van der Waals surface area contributed by atoms with Crippen LogP contribution in [0.25, 0.3) is 0 Å². The number of amides is 1. The third-order valence-corrected chi connectivity index (χ3v) is 5.46. The van der Waals surface area contributed by atoms with Gasteiger partial charge < -0.3 is 9.64 Å². The molecule has 0 N–H and O–H groups in total. The van der Waals surface area contributed by atoms with Crippen molar-refractivity contribution in [2.75, 3.05) is 33.3 Å². The van der Waals surface area contributed by atoms with Gasteiger partial charge in [-0.3, -0.25) is 9.69 Å². The summed E-state index contributed by atoms with van der Waals surface area (Å²) < 4.78 is 5.15. The Morgan fingerprint density at radius 1 is 1.00 bits per heavy atom. The number of rotatable bonds is 4. The van der Waals surface area contributed by atoms with Gasteiger partial charge in [0.1, 0.15) is 0 Å². The van der Waals surface area contributed by atoms with E-state index in [0.717, 1.165) is 31.1 Å². The Morgan fingerprint density at radius 2 is 1.67 bits per heavy atom. The van der Waals surface area contributed by atoms with Gasteiger partial charge in [-0.15, -0.1) is 0 Å². The minimum atomic E-state index is -0.0604. The van der Waals surface area contributed by atoms with Crippen LogP contribution < -0.4 is 4.74 Å². The van der Waals surface area contributed by atoms with E-state index in [-0.39, 0.29) is 5.91 Å². The molecule has 7 heteroatoms. The second-order valence-electron chi connectivity index (χ2n) is 6.52. The number of benzene rings is 2. The van der Waals surface area contributed by atoms with E-state index in [1.54, 1.807) is 12.1 Å². The highest BCUT2D eigenvalue weighted by Crippen LogP contribution is 2.34. The van der Waals surface area contributed by atoms with Gasteiger partial charge in [-0.1, -0.05) is 46.9 Å². The van der Waals surface area contributed by atoms with Crippen molar-refractivity contribution in [2.45, 2.75) is 13.0 Å². The summed E-state index contributed by atoms with van der Waals surface area (Å²) in [5.74, 6) is 0.328. The van der Waals surface area contributed by atoms with Crippen LogP contribution in [0.2, 0.25) is 15.1 Å². The Hall–Kier alpha value is -1.46. The maximum Gasteiger partial charge on any atom is 0.254 e. The van der Waals surface area contributed by atoms with Crippen LogP contribution in [0.3, 0.4) is 0 Å². The zero-order chi connectivity index (χ0) is 19.4. The number of hydrogen-bond acceptors (Lipinski definition) is 3. The molecule has 1 aliphatic rings. The Bertz CT molecular complexity index is 788. The van der Waals surface area contributed by atoms with Crippen LogP contribution in [0, 0.1) is 0 Å². The highest BCUT2D eigenvalue weighted by atomic mass is 35.5. The Balaban J connectivity index is 1.65. The van der Waals surface area contributed by atoms with Gasteiger partial charge in [-0.2, -0.15) is 0 Å². The van der Waals surface area contributed by atoms with Gasteiger partial charge in [0.15, 0.2) is 5.75 Å². The first-order valence-electron chi connectivity index (χ1n) is 8.77. The molecule has 1 amide bonds. The largest absolute Gasteiger partial charge is 0.494 e. The van der Waals surface area contributed by atoms with Crippen molar-refractivity contribution in [3.05, 3.63) is 62.6 Å². The summed E-state index contributed by atoms with van der Waals surface area (Å²) in [4.78, 5) is 17.1. The first-order chi connectivity index (χ1) is 13.0. The number of ether oxygens (including phenoxy) is 1. The predicted octanol–water partition coefficient (Wildman–Crippen LogP) is 5.00. The van der Waals surface area contributed by atoms with E-state index in [2.05, 4.69) is 4.90 Å². The van der Waals surface area contributed by atoms with Gasteiger partial charge in [0, 0.05) is 43.3 Å². The molecule has 1 saturated heterocycles. The highest BCUT2D eigenvalue weighted by molar-refractivity contribution is 6.37. The van der Waals surface area contributed by atoms with E-state index in [1.165, 1.54) is 12.7 Å². The fourth-order valence-electron chi connectivity index (χ4n) is 3.24. The average Bonchev–Trinajstić information content (AvgIpc) is 2.88. The van der Waals surface area contributed by atoms with E-state index in [9.17, 15) is 4.79 Å². The number of carbonyl (C=O) groups is 1. The lowest BCUT2D eigenvalue weighted by Crippen LogP contribution is -2.35. The highest BCUT2D eigenvalue weighted by Gasteiger charge is 2.22. The third kappa shape index (κ3) is 5.08. The monoisotopic (exact) mass is 426 g/mol. The number of methoxy groups -OCH3 is 1. The average molecular weight is 428 g/mol. The Morgan fingerprint density at radius 3 is 2.30 bits per heavy atom. The molecule has 0 atom stereocenters.